The Hall–Kier alpha value is -1.28. The molecular weight excluding hydrogens is 865 g/mol. The van der Waals surface area contributed by atoms with Gasteiger partial charge in [-0.15, -0.1) is 0 Å². The van der Waals surface area contributed by atoms with Crippen LogP contribution in [0.25, 0.3) is 0 Å². The van der Waals surface area contributed by atoms with Crippen molar-refractivity contribution in [2.75, 3.05) is 30.5 Å². The molecule has 17 heteroatoms. The molecule has 1 aromatic heterocycles. The Morgan fingerprint density at radius 3 is 1.70 bits per heavy atom. The number of anilines is 1. The first-order valence-electron chi connectivity index (χ1n) is 24.9. The van der Waals surface area contributed by atoms with E-state index in [9.17, 15) is 28.5 Å². The molecule has 1 saturated heterocycles. The molecule has 1 aliphatic heterocycles. The number of nitrogens with two attached hydrogens (primary N) is 1. The molecule has 0 saturated carbocycles. The van der Waals surface area contributed by atoms with Crippen LogP contribution in [0.2, 0.25) is 0 Å². The van der Waals surface area contributed by atoms with Crippen molar-refractivity contribution in [3.8, 4) is 0 Å². The summed E-state index contributed by atoms with van der Waals surface area (Å²) in [4.78, 5) is 49.4. The Balaban J connectivity index is 1.70. The third-order valence-electron chi connectivity index (χ3n) is 11.5. The molecule has 5 atom stereocenters. The molecule has 14 nitrogen and oxygen atoms in total. The zero-order valence-corrected chi connectivity index (χ0v) is 41.8. The first-order valence-corrected chi connectivity index (χ1v) is 29.0. The van der Waals surface area contributed by atoms with E-state index >= 15 is 0 Å². The summed E-state index contributed by atoms with van der Waals surface area (Å²) in [6.07, 6.45) is 36.5. The van der Waals surface area contributed by atoms with Gasteiger partial charge in [-0.2, -0.15) is 21.1 Å². The summed E-state index contributed by atoms with van der Waals surface area (Å²) < 4.78 is 52.9. The van der Waals surface area contributed by atoms with E-state index in [1.165, 1.54) is 165 Å². The maximum Gasteiger partial charge on any atom is 0.481 e. The third kappa shape index (κ3) is 31.4. The lowest BCUT2D eigenvalue weighted by molar-refractivity contribution is -0.149. The normalized spacial score (nSPS) is 17.7. The fourth-order valence-electron chi connectivity index (χ4n) is 7.81. The van der Waals surface area contributed by atoms with Gasteiger partial charge < -0.3 is 25.0 Å². The van der Waals surface area contributed by atoms with Crippen molar-refractivity contribution in [1.29, 1.82) is 0 Å². The fourth-order valence-corrected chi connectivity index (χ4v) is 10.9. The molecule has 0 aliphatic carbocycles. The van der Waals surface area contributed by atoms with Crippen molar-refractivity contribution < 1.29 is 46.5 Å². The minimum Gasteiger partial charge on any atom is -0.459 e. The minimum absolute atomic E-state index is 0.0713. The second-order valence-electron chi connectivity index (χ2n) is 17.4. The minimum atomic E-state index is -5.12. The Bertz CT molecular complexity index is 1460. The van der Waals surface area contributed by atoms with Gasteiger partial charge in [0.15, 0.2) is 0 Å². The number of nitrogens with zero attached hydrogens (tertiary/aromatic N) is 2. The van der Waals surface area contributed by atoms with Gasteiger partial charge in [-0.1, -0.05) is 187 Å². The number of carbonyl (C=O) groups is 1. The van der Waals surface area contributed by atoms with Gasteiger partial charge >= 0.3 is 27.3 Å². The number of hydrogen-bond acceptors (Lipinski definition) is 12. The lowest BCUT2D eigenvalue weighted by Gasteiger charge is -2.21. The van der Waals surface area contributed by atoms with Crippen molar-refractivity contribution in [2.45, 2.75) is 238 Å². The lowest BCUT2D eigenvalue weighted by Crippen LogP contribution is -2.27. The van der Waals surface area contributed by atoms with Crippen LogP contribution < -0.4 is 11.4 Å². The number of nitrogen functional groups attached to an aromatic ring is 1. The molecule has 1 aromatic rings. The van der Waals surface area contributed by atoms with E-state index in [1.54, 1.807) is 11.8 Å². The first-order chi connectivity index (χ1) is 30.4. The average molecular weight is 952 g/mol. The van der Waals surface area contributed by atoms with Crippen LogP contribution in [0.5, 0.6) is 0 Å². The summed E-state index contributed by atoms with van der Waals surface area (Å²) >= 11 is 1.58. The van der Waals surface area contributed by atoms with Crippen molar-refractivity contribution in [3.63, 3.8) is 0 Å². The van der Waals surface area contributed by atoms with Crippen molar-refractivity contribution in [3.05, 3.63) is 22.7 Å². The monoisotopic (exact) mass is 952 g/mol. The topological polar surface area (TPSA) is 199 Å². The Morgan fingerprint density at radius 2 is 1.21 bits per heavy atom. The largest absolute Gasteiger partial charge is 0.481 e. The SMILES string of the molecule is CCCCCCCCCCCCCCCCCCSCC(COP(=O)(O)OP(=O)(O)OCC1CCC(n2ccc(N)nc2=O)O1)OC(=O)CCCCCCCCCCCCCCC. The maximum absolute atomic E-state index is 12.9. The second kappa shape index (κ2) is 36.8. The Morgan fingerprint density at radius 1 is 0.746 bits per heavy atom. The van der Waals surface area contributed by atoms with E-state index in [-0.39, 0.29) is 12.2 Å². The number of unbranched alkanes of at least 4 members (excludes halogenated alkanes) is 27. The molecule has 4 N–H and O–H groups in total. The summed E-state index contributed by atoms with van der Waals surface area (Å²) in [5.74, 6) is 0.836. The highest BCUT2D eigenvalue weighted by Gasteiger charge is 2.38. The molecule has 5 unspecified atom stereocenters. The number of rotatable bonds is 43. The van der Waals surface area contributed by atoms with Gasteiger partial charge in [0.25, 0.3) is 0 Å². The van der Waals surface area contributed by atoms with Crippen LogP contribution in [0.3, 0.4) is 0 Å². The number of ether oxygens (including phenoxy) is 2. The Kier molecular flexibility index (Phi) is 33.8. The van der Waals surface area contributed by atoms with Gasteiger partial charge in [-0.05, 0) is 37.5 Å². The molecule has 63 heavy (non-hydrogen) atoms. The van der Waals surface area contributed by atoms with Gasteiger partial charge in [-0.3, -0.25) is 18.4 Å². The van der Waals surface area contributed by atoms with Crippen molar-refractivity contribution >= 4 is 39.2 Å². The highest BCUT2D eigenvalue weighted by atomic mass is 32.2. The van der Waals surface area contributed by atoms with E-state index in [0.717, 1.165) is 37.9 Å². The van der Waals surface area contributed by atoms with Crippen LogP contribution in [0.15, 0.2) is 17.1 Å². The first kappa shape index (κ1) is 57.8. The third-order valence-corrected chi connectivity index (χ3v) is 15.3. The van der Waals surface area contributed by atoms with Crippen LogP contribution in [0.1, 0.15) is 226 Å². The average Bonchev–Trinajstić information content (AvgIpc) is 3.71. The van der Waals surface area contributed by atoms with Gasteiger partial charge in [-0.25, -0.2) is 13.9 Å². The summed E-state index contributed by atoms with van der Waals surface area (Å²) in [5, 5.41) is 0. The number of hydrogen-bond donors (Lipinski definition) is 3. The number of phosphoric acid groups is 2. The molecule has 0 spiro atoms. The molecule has 1 fully saturated rings. The predicted octanol–water partition coefficient (Wildman–Crippen LogP) is 13.1. The molecule has 368 valence electrons. The lowest BCUT2D eigenvalue weighted by atomic mass is 10.0. The highest BCUT2D eigenvalue weighted by molar-refractivity contribution is 7.99. The number of carbonyl (C=O) groups excluding carboxylic acids is 1. The zero-order valence-electron chi connectivity index (χ0n) is 39.2. The quantitative estimate of drug-likeness (QED) is 0.0317. The van der Waals surface area contributed by atoms with Gasteiger partial charge in [0.2, 0.25) is 0 Å². The molecule has 0 bridgehead atoms. The zero-order chi connectivity index (χ0) is 45.9. The summed E-state index contributed by atoms with van der Waals surface area (Å²) in [6, 6.07) is 1.45. The van der Waals surface area contributed by atoms with Gasteiger partial charge in [0.1, 0.15) is 18.1 Å². The van der Waals surface area contributed by atoms with Crippen LogP contribution in [-0.2, 0) is 36.8 Å². The number of aromatic nitrogens is 2. The highest BCUT2D eigenvalue weighted by Crippen LogP contribution is 2.60. The predicted molar refractivity (Wildman–Crippen MR) is 256 cm³/mol. The smallest absolute Gasteiger partial charge is 0.459 e. The van der Waals surface area contributed by atoms with Crippen LogP contribution in [0.4, 0.5) is 5.82 Å². The van der Waals surface area contributed by atoms with E-state index in [0.29, 0.717) is 25.0 Å². The molecule has 1 aliphatic rings. The molecule has 0 amide bonds. The van der Waals surface area contributed by atoms with Crippen molar-refractivity contribution in [2.24, 2.45) is 0 Å². The van der Waals surface area contributed by atoms with E-state index in [2.05, 4.69) is 23.1 Å². The van der Waals surface area contributed by atoms with E-state index in [1.807, 2.05) is 0 Å². The molecular formula is C46H87N3O11P2S. The van der Waals surface area contributed by atoms with Gasteiger partial charge in [0.05, 0.1) is 19.3 Å². The molecule has 0 radical (unpaired) electrons. The maximum atomic E-state index is 12.9. The Labute approximate surface area is 384 Å². The summed E-state index contributed by atoms with van der Waals surface area (Å²) in [7, 11) is -10.2. The van der Waals surface area contributed by atoms with E-state index < -0.39 is 59.0 Å². The molecule has 2 rings (SSSR count). The number of esters is 1. The van der Waals surface area contributed by atoms with Crippen LogP contribution >= 0.6 is 27.4 Å². The fraction of sp³-hybridized carbons (Fsp3) is 0.891. The molecule has 2 heterocycles. The van der Waals surface area contributed by atoms with Crippen LogP contribution in [0, 0.1) is 0 Å². The standard InChI is InChI=1S/C46H87N3O11P2S/c1-3-5-7-9-11-13-15-17-18-19-21-23-25-27-29-31-37-63-40-42(59-45(50)32-30-28-26-24-22-20-16-14-12-10-8-6-4-2)39-57-62(54,55)60-61(52,53)56-38-41-33-34-44(58-41)49-36-35-43(47)48-46(49)51/h35-36,41-42,44H,3-34,37-40H2,1-2H3,(H,52,53)(H,54,55)(H2,47,48,51). The van der Waals surface area contributed by atoms with Gasteiger partial charge in [0, 0.05) is 18.4 Å². The number of thioether (sulfide) groups is 1. The van der Waals surface area contributed by atoms with E-state index in [4.69, 9.17) is 24.3 Å². The van der Waals surface area contributed by atoms with Crippen LogP contribution in [-0.4, -0.2) is 62.2 Å². The summed E-state index contributed by atoms with van der Waals surface area (Å²) in [6.45, 7) is 3.56. The number of phosphoric ester groups is 2. The molecule has 0 aromatic carbocycles. The summed E-state index contributed by atoms with van der Waals surface area (Å²) in [5.41, 5.74) is 4.96. The second-order valence-corrected chi connectivity index (χ2v) is 21.6. The van der Waals surface area contributed by atoms with Crippen molar-refractivity contribution in [1.82, 2.24) is 9.55 Å².